The Balaban J connectivity index is 1.74. The monoisotopic (exact) mass is 680 g/mol. The lowest BCUT2D eigenvalue weighted by atomic mass is 9.87. The maximum absolute atomic E-state index is 14.8. The number of hydrogen-bond donors (Lipinski definition) is 3. The molecule has 0 heterocycles. The van der Waals surface area contributed by atoms with Gasteiger partial charge < -0.3 is 29.9 Å². The Labute approximate surface area is 251 Å². The molecule has 4 rings (SSSR count). The summed E-state index contributed by atoms with van der Waals surface area (Å²) in [6.45, 7) is -0.326. The lowest BCUT2D eigenvalue weighted by molar-refractivity contribution is -0.143. The van der Waals surface area contributed by atoms with Gasteiger partial charge in [-0.1, -0.05) is 31.0 Å². The second-order valence-corrected chi connectivity index (χ2v) is 11.4. The fourth-order valence-corrected chi connectivity index (χ4v) is 6.17. The summed E-state index contributed by atoms with van der Waals surface area (Å²) in [5.41, 5.74) is 0.929. The number of amides is 2. The SMILES string of the molecule is COc1cc(C=O)cc(I)c1O[C@H]1C=C(C(=O)NCCO)C[C@@H](N(Cc2ccccc2F)C(=O)C2CCCC2)[C@@H]1O. The normalized spacial score (nSPS) is 20.7. The predicted octanol–water partition coefficient (Wildman–Crippen LogP) is 3.39. The number of nitrogens with one attached hydrogen (secondary N) is 1. The molecule has 0 spiro atoms. The molecule has 9 nitrogen and oxygen atoms in total. The van der Waals surface area contributed by atoms with Crippen LogP contribution in [0.5, 0.6) is 11.5 Å². The van der Waals surface area contributed by atoms with Crippen LogP contribution in [0.25, 0.3) is 0 Å². The van der Waals surface area contributed by atoms with Crippen molar-refractivity contribution in [3.63, 3.8) is 0 Å². The van der Waals surface area contributed by atoms with Crippen LogP contribution in [0.15, 0.2) is 48.0 Å². The van der Waals surface area contributed by atoms with Gasteiger partial charge in [0, 0.05) is 42.1 Å². The number of carbonyl (C=O) groups excluding carboxylic acids is 3. The maximum atomic E-state index is 14.8. The fraction of sp³-hybridized carbons (Fsp3) is 0.433. The number of aliphatic hydroxyl groups is 2. The average molecular weight is 681 g/mol. The zero-order chi connectivity index (χ0) is 29.5. The minimum Gasteiger partial charge on any atom is -0.493 e. The van der Waals surface area contributed by atoms with Crippen LogP contribution in [-0.2, 0) is 16.1 Å². The number of aliphatic hydroxyl groups excluding tert-OH is 2. The van der Waals surface area contributed by atoms with E-state index < -0.39 is 30.0 Å². The van der Waals surface area contributed by atoms with Crippen LogP contribution in [0, 0.1) is 15.3 Å². The molecule has 0 saturated heterocycles. The number of halogens is 2. The van der Waals surface area contributed by atoms with Crippen LogP contribution in [-0.4, -0.2) is 71.7 Å². The van der Waals surface area contributed by atoms with Crippen LogP contribution < -0.4 is 14.8 Å². The van der Waals surface area contributed by atoms with E-state index in [-0.39, 0.29) is 55.0 Å². The quantitative estimate of drug-likeness (QED) is 0.246. The number of nitrogens with zero attached hydrogens (tertiary/aromatic N) is 1. The van der Waals surface area contributed by atoms with E-state index in [9.17, 15) is 29.0 Å². The molecule has 11 heteroatoms. The summed E-state index contributed by atoms with van der Waals surface area (Å²) in [4.78, 5) is 39.8. The van der Waals surface area contributed by atoms with Crippen molar-refractivity contribution in [2.75, 3.05) is 20.3 Å². The zero-order valence-electron chi connectivity index (χ0n) is 22.7. The van der Waals surface area contributed by atoms with Crippen molar-refractivity contribution < 1.29 is 38.5 Å². The highest BCUT2D eigenvalue weighted by molar-refractivity contribution is 14.1. The number of carbonyl (C=O) groups is 3. The van der Waals surface area contributed by atoms with Crippen molar-refractivity contribution in [3.8, 4) is 11.5 Å². The minimum absolute atomic E-state index is 0.00348. The molecule has 2 aromatic carbocycles. The summed E-state index contributed by atoms with van der Waals surface area (Å²) < 4.78 is 27.0. The number of hydrogen-bond acceptors (Lipinski definition) is 7. The first-order valence-corrected chi connectivity index (χ1v) is 14.7. The third-order valence-electron chi connectivity index (χ3n) is 7.54. The molecular formula is C30H34FIN2O7. The molecule has 2 aliphatic carbocycles. The molecule has 0 aliphatic heterocycles. The molecule has 41 heavy (non-hydrogen) atoms. The average Bonchev–Trinajstić information content (AvgIpc) is 3.52. The first-order chi connectivity index (χ1) is 19.8. The standard InChI is InChI=1S/C30H34FIN2O7/c1-40-26-13-18(17-36)12-23(32)28(26)41-25-15-21(29(38)33-10-11-35)14-24(27(25)37)34(30(39)19-6-2-3-7-19)16-20-8-4-5-9-22(20)31/h4-5,8-9,12-13,15,17,19,24-25,27,35,37H,2-3,6-7,10-11,14,16H2,1H3,(H,33,38)/t24-,25+,27+/m1/s1. The molecule has 1 saturated carbocycles. The number of rotatable bonds is 11. The minimum atomic E-state index is -1.28. The Morgan fingerprint density at radius 1 is 1.22 bits per heavy atom. The first-order valence-electron chi connectivity index (χ1n) is 13.6. The Morgan fingerprint density at radius 2 is 1.95 bits per heavy atom. The fourth-order valence-electron chi connectivity index (χ4n) is 5.41. The molecular weight excluding hydrogens is 646 g/mol. The van der Waals surface area contributed by atoms with E-state index in [0.717, 1.165) is 12.8 Å². The van der Waals surface area contributed by atoms with Gasteiger partial charge in [0.2, 0.25) is 11.8 Å². The lowest BCUT2D eigenvalue weighted by Crippen LogP contribution is -2.55. The Bertz CT molecular complexity index is 1300. The molecule has 3 atom stereocenters. The summed E-state index contributed by atoms with van der Waals surface area (Å²) in [7, 11) is 1.42. The molecule has 3 N–H and O–H groups in total. The summed E-state index contributed by atoms with van der Waals surface area (Å²) in [5, 5.41) is 23.6. The van der Waals surface area contributed by atoms with Crippen LogP contribution in [0.4, 0.5) is 4.39 Å². The van der Waals surface area contributed by atoms with Gasteiger partial charge in [0.25, 0.3) is 0 Å². The summed E-state index contributed by atoms with van der Waals surface area (Å²) in [5.74, 6) is -0.880. The topological polar surface area (TPSA) is 125 Å². The van der Waals surface area contributed by atoms with E-state index >= 15 is 0 Å². The smallest absolute Gasteiger partial charge is 0.247 e. The number of ether oxygens (including phenoxy) is 2. The first kappa shape index (κ1) is 30.9. The van der Waals surface area contributed by atoms with E-state index in [1.165, 1.54) is 30.2 Å². The molecule has 2 aromatic rings. The molecule has 0 radical (unpaired) electrons. The number of benzene rings is 2. The van der Waals surface area contributed by atoms with E-state index in [4.69, 9.17) is 9.47 Å². The Hall–Kier alpha value is -3.03. The highest BCUT2D eigenvalue weighted by atomic mass is 127. The maximum Gasteiger partial charge on any atom is 0.247 e. The Morgan fingerprint density at radius 3 is 2.61 bits per heavy atom. The molecule has 0 unspecified atom stereocenters. The van der Waals surface area contributed by atoms with Crippen LogP contribution in [0.3, 0.4) is 0 Å². The van der Waals surface area contributed by atoms with Crippen molar-refractivity contribution in [3.05, 3.63) is 68.6 Å². The van der Waals surface area contributed by atoms with Gasteiger partial charge in [-0.3, -0.25) is 14.4 Å². The van der Waals surface area contributed by atoms with Gasteiger partial charge in [-0.05, 0) is 59.7 Å². The highest BCUT2D eigenvalue weighted by Crippen LogP contribution is 2.38. The third-order valence-corrected chi connectivity index (χ3v) is 8.34. The van der Waals surface area contributed by atoms with E-state index in [0.29, 0.717) is 33.8 Å². The second kappa shape index (κ2) is 14.2. The molecule has 0 aromatic heterocycles. The number of methoxy groups -OCH3 is 1. The van der Waals surface area contributed by atoms with Gasteiger partial charge in [0.15, 0.2) is 11.5 Å². The zero-order valence-corrected chi connectivity index (χ0v) is 24.9. The van der Waals surface area contributed by atoms with Gasteiger partial charge in [-0.25, -0.2) is 4.39 Å². The summed E-state index contributed by atoms with van der Waals surface area (Å²) in [6.07, 6.45) is 3.03. The summed E-state index contributed by atoms with van der Waals surface area (Å²) >= 11 is 1.99. The molecule has 0 bridgehead atoms. The second-order valence-electron chi connectivity index (χ2n) is 10.2. The summed E-state index contributed by atoms with van der Waals surface area (Å²) in [6, 6.07) is 8.37. The molecule has 2 aliphatic rings. The van der Waals surface area contributed by atoms with Crippen molar-refractivity contribution in [1.29, 1.82) is 0 Å². The van der Waals surface area contributed by atoms with Crippen LogP contribution >= 0.6 is 22.6 Å². The van der Waals surface area contributed by atoms with Gasteiger partial charge in [0.05, 0.1) is 23.3 Å². The van der Waals surface area contributed by atoms with E-state index in [1.54, 1.807) is 24.3 Å². The Kier molecular flexibility index (Phi) is 10.7. The van der Waals surface area contributed by atoms with Crippen molar-refractivity contribution >= 4 is 40.7 Å². The van der Waals surface area contributed by atoms with Gasteiger partial charge in [0.1, 0.15) is 24.3 Å². The van der Waals surface area contributed by atoms with Crippen molar-refractivity contribution in [2.45, 2.75) is 56.9 Å². The molecule has 1 fully saturated rings. The van der Waals surface area contributed by atoms with Crippen molar-refractivity contribution in [1.82, 2.24) is 10.2 Å². The van der Waals surface area contributed by atoms with E-state index in [1.807, 2.05) is 22.6 Å². The number of aldehydes is 1. The van der Waals surface area contributed by atoms with E-state index in [2.05, 4.69) is 5.32 Å². The third kappa shape index (κ3) is 7.25. The van der Waals surface area contributed by atoms with Gasteiger partial charge in [-0.15, -0.1) is 0 Å². The van der Waals surface area contributed by atoms with Gasteiger partial charge >= 0.3 is 0 Å². The highest BCUT2D eigenvalue weighted by Gasteiger charge is 2.42. The lowest BCUT2D eigenvalue weighted by Gasteiger charge is -2.41. The largest absolute Gasteiger partial charge is 0.493 e. The predicted molar refractivity (Wildman–Crippen MR) is 157 cm³/mol. The molecule has 220 valence electrons. The van der Waals surface area contributed by atoms with Gasteiger partial charge in [-0.2, -0.15) is 0 Å². The van der Waals surface area contributed by atoms with Crippen LogP contribution in [0.2, 0.25) is 0 Å². The van der Waals surface area contributed by atoms with Crippen LogP contribution in [0.1, 0.15) is 48.0 Å². The van der Waals surface area contributed by atoms with Crippen molar-refractivity contribution in [2.24, 2.45) is 5.92 Å². The molecule has 2 amide bonds.